The van der Waals surface area contributed by atoms with Crippen LogP contribution in [0.5, 0.6) is 11.5 Å². The molecule has 2 atom stereocenters. The molecule has 0 bridgehead atoms. The number of anilines is 1. The van der Waals surface area contributed by atoms with Crippen LogP contribution >= 0.6 is 11.6 Å². The second-order valence-electron chi connectivity index (χ2n) is 11.5. The molecule has 220 valence electrons. The van der Waals surface area contributed by atoms with Crippen LogP contribution in [0.3, 0.4) is 0 Å². The molecule has 6 rings (SSSR count). The Bertz CT molecular complexity index is 1470. The molecule has 42 heavy (non-hydrogen) atoms. The van der Waals surface area contributed by atoms with Crippen molar-refractivity contribution in [3.05, 3.63) is 87.4 Å². The van der Waals surface area contributed by atoms with E-state index >= 15 is 0 Å². The topological polar surface area (TPSA) is 62.3 Å². The highest BCUT2D eigenvalue weighted by molar-refractivity contribution is 6.32. The van der Waals surface area contributed by atoms with Gasteiger partial charge in [0.15, 0.2) is 0 Å². The van der Waals surface area contributed by atoms with Gasteiger partial charge in [-0.1, -0.05) is 29.8 Å². The normalized spacial score (nSPS) is 20.5. The van der Waals surface area contributed by atoms with E-state index in [0.717, 1.165) is 48.8 Å². The largest absolute Gasteiger partial charge is 0.495 e. The predicted molar refractivity (Wildman–Crippen MR) is 165 cm³/mol. The third kappa shape index (κ3) is 5.25. The standard InChI is InChI=1S/C34H38ClN3O4/c1-22-23(2)31(42-19-7-16-38-33(39)27-9-4-5-10-28(27)34(38)40)15-13-26(22)30-11-6-8-25-21-36(17-18-37(25)30)24-12-14-29(35)32(20-24)41-3/h4-5,9-10,12-15,20,25,30H,6-8,11,16-19,21H2,1-3H3/t25?,30-/m1/s1. The summed E-state index contributed by atoms with van der Waals surface area (Å²) in [7, 11) is 1.66. The minimum Gasteiger partial charge on any atom is -0.495 e. The van der Waals surface area contributed by atoms with Crippen LogP contribution in [0.25, 0.3) is 0 Å². The fourth-order valence-corrected chi connectivity index (χ4v) is 7.04. The molecule has 0 N–H and O–H groups in total. The number of methoxy groups -OCH3 is 1. The summed E-state index contributed by atoms with van der Waals surface area (Å²) < 4.78 is 11.6. The molecule has 3 aliphatic rings. The number of imide groups is 1. The van der Waals surface area contributed by atoms with Gasteiger partial charge in [-0.25, -0.2) is 0 Å². The quantitative estimate of drug-likeness (QED) is 0.223. The highest BCUT2D eigenvalue weighted by Crippen LogP contribution is 2.40. The van der Waals surface area contributed by atoms with Gasteiger partial charge < -0.3 is 14.4 Å². The molecule has 0 aromatic heterocycles. The number of hydrogen-bond acceptors (Lipinski definition) is 6. The first-order valence-electron chi connectivity index (χ1n) is 14.9. The molecular formula is C34H38ClN3O4. The first-order valence-corrected chi connectivity index (χ1v) is 15.3. The van der Waals surface area contributed by atoms with Crippen molar-refractivity contribution in [2.24, 2.45) is 0 Å². The fourth-order valence-electron chi connectivity index (χ4n) is 6.84. The minimum absolute atomic E-state index is 0.216. The summed E-state index contributed by atoms with van der Waals surface area (Å²) in [5.74, 6) is 1.15. The number of ether oxygens (including phenoxy) is 2. The Labute approximate surface area is 253 Å². The Balaban J connectivity index is 1.08. The van der Waals surface area contributed by atoms with Crippen LogP contribution < -0.4 is 14.4 Å². The first-order chi connectivity index (χ1) is 20.4. The molecule has 0 spiro atoms. The summed E-state index contributed by atoms with van der Waals surface area (Å²) in [5.41, 5.74) is 5.96. The molecule has 3 heterocycles. The van der Waals surface area contributed by atoms with Gasteiger partial charge in [0.1, 0.15) is 11.5 Å². The lowest BCUT2D eigenvalue weighted by molar-refractivity contribution is 0.0646. The van der Waals surface area contributed by atoms with Gasteiger partial charge in [-0.05, 0) is 86.6 Å². The van der Waals surface area contributed by atoms with Gasteiger partial charge in [-0.2, -0.15) is 0 Å². The SMILES string of the molecule is COc1cc(N2CCN3C(CCC[C@@H]3c3ccc(OCCCN4C(=O)c5ccccc5C4=O)c(C)c3C)C2)ccc1Cl. The van der Waals surface area contributed by atoms with E-state index in [1.807, 2.05) is 12.1 Å². The van der Waals surface area contributed by atoms with Crippen molar-refractivity contribution >= 4 is 29.1 Å². The second-order valence-corrected chi connectivity index (χ2v) is 11.9. The number of fused-ring (bicyclic) bond motifs is 2. The van der Waals surface area contributed by atoms with Crippen molar-refractivity contribution in [1.29, 1.82) is 0 Å². The molecule has 2 fully saturated rings. The molecule has 0 saturated carbocycles. The van der Waals surface area contributed by atoms with E-state index in [1.54, 1.807) is 31.4 Å². The molecule has 0 aliphatic carbocycles. The lowest BCUT2D eigenvalue weighted by Crippen LogP contribution is -2.56. The van der Waals surface area contributed by atoms with Gasteiger partial charge in [0.2, 0.25) is 0 Å². The number of piperidine rings is 1. The first kappa shape index (κ1) is 28.6. The van der Waals surface area contributed by atoms with E-state index in [9.17, 15) is 9.59 Å². The smallest absolute Gasteiger partial charge is 0.261 e. The molecule has 2 amide bonds. The zero-order chi connectivity index (χ0) is 29.4. The van der Waals surface area contributed by atoms with Gasteiger partial charge in [0.05, 0.1) is 29.9 Å². The van der Waals surface area contributed by atoms with Crippen LogP contribution in [0, 0.1) is 13.8 Å². The molecule has 1 unspecified atom stereocenters. The highest BCUT2D eigenvalue weighted by atomic mass is 35.5. The molecule has 7 nitrogen and oxygen atoms in total. The van der Waals surface area contributed by atoms with Crippen LogP contribution in [0.2, 0.25) is 5.02 Å². The number of halogens is 1. The van der Waals surface area contributed by atoms with E-state index in [4.69, 9.17) is 21.1 Å². The number of amides is 2. The Morgan fingerprint density at radius 2 is 1.67 bits per heavy atom. The van der Waals surface area contributed by atoms with E-state index in [-0.39, 0.29) is 11.8 Å². The van der Waals surface area contributed by atoms with Crippen LogP contribution in [0.4, 0.5) is 5.69 Å². The van der Waals surface area contributed by atoms with Crippen LogP contribution in [-0.2, 0) is 0 Å². The van der Waals surface area contributed by atoms with Crippen molar-refractivity contribution in [3.8, 4) is 11.5 Å². The monoisotopic (exact) mass is 587 g/mol. The Morgan fingerprint density at radius 3 is 2.40 bits per heavy atom. The molecular weight excluding hydrogens is 550 g/mol. The van der Waals surface area contributed by atoms with Crippen LogP contribution in [0.1, 0.15) is 69.1 Å². The second kappa shape index (κ2) is 12.0. The Morgan fingerprint density at radius 1 is 0.905 bits per heavy atom. The molecule has 3 aromatic rings. The molecule has 8 heteroatoms. The summed E-state index contributed by atoms with van der Waals surface area (Å²) in [5, 5.41) is 0.638. The lowest BCUT2D eigenvalue weighted by Gasteiger charge is -2.49. The molecule has 3 aliphatic heterocycles. The van der Waals surface area contributed by atoms with Crippen molar-refractivity contribution in [3.63, 3.8) is 0 Å². The zero-order valence-corrected chi connectivity index (χ0v) is 25.3. The Hall–Kier alpha value is -3.55. The summed E-state index contributed by atoms with van der Waals surface area (Å²) in [6, 6.07) is 18.3. The van der Waals surface area contributed by atoms with Crippen LogP contribution in [-0.4, -0.2) is 67.6 Å². The van der Waals surface area contributed by atoms with Gasteiger partial charge in [-0.3, -0.25) is 19.4 Å². The molecule has 2 saturated heterocycles. The Kier molecular flexibility index (Phi) is 8.15. The number of rotatable bonds is 8. The van der Waals surface area contributed by atoms with E-state index in [1.165, 1.54) is 28.9 Å². The third-order valence-corrected chi connectivity index (χ3v) is 9.56. The van der Waals surface area contributed by atoms with Gasteiger partial charge in [0, 0.05) is 50.0 Å². The maximum absolute atomic E-state index is 12.6. The number of piperazine rings is 1. The van der Waals surface area contributed by atoms with E-state index in [0.29, 0.717) is 47.8 Å². The number of benzene rings is 3. The van der Waals surface area contributed by atoms with Crippen LogP contribution in [0.15, 0.2) is 54.6 Å². The molecule has 0 radical (unpaired) electrons. The van der Waals surface area contributed by atoms with Crippen molar-refractivity contribution in [2.45, 2.75) is 51.6 Å². The fraction of sp³-hybridized carbons (Fsp3) is 0.412. The lowest BCUT2D eigenvalue weighted by atomic mass is 9.86. The van der Waals surface area contributed by atoms with Crippen molar-refractivity contribution < 1.29 is 19.1 Å². The molecule has 3 aromatic carbocycles. The summed E-state index contributed by atoms with van der Waals surface area (Å²) in [6.45, 7) is 8.09. The van der Waals surface area contributed by atoms with Gasteiger partial charge in [-0.15, -0.1) is 0 Å². The summed E-state index contributed by atoms with van der Waals surface area (Å²) in [4.78, 5) is 31.8. The number of carbonyl (C=O) groups excluding carboxylic acids is 2. The van der Waals surface area contributed by atoms with Gasteiger partial charge >= 0.3 is 0 Å². The summed E-state index contributed by atoms with van der Waals surface area (Å²) in [6.07, 6.45) is 4.15. The summed E-state index contributed by atoms with van der Waals surface area (Å²) >= 11 is 6.27. The highest BCUT2D eigenvalue weighted by Gasteiger charge is 2.37. The number of nitrogens with zero attached hydrogens (tertiary/aromatic N) is 3. The third-order valence-electron chi connectivity index (χ3n) is 9.24. The maximum atomic E-state index is 12.6. The van der Waals surface area contributed by atoms with E-state index in [2.05, 4.69) is 41.8 Å². The minimum atomic E-state index is -0.216. The maximum Gasteiger partial charge on any atom is 0.261 e. The average molecular weight is 588 g/mol. The van der Waals surface area contributed by atoms with E-state index < -0.39 is 0 Å². The zero-order valence-electron chi connectivity index (χ0n) is 24.6. The van der Waals surface area contributed by atoms with Gasteiger partial charge in [0.25, 0.3) is 11.8 Å². The average Bonchev–Trinajstić information content (AvgIpc) is 3.26. The van der Waals surface area contributed by atoms with Crippen molar-refractivity contribution in [1.82, 2.24) is 9.80 Å². The predicted octanol–water partition coefficient (Wildman–Crippen LogP) is 6.45. The number of carbonyl (C=O) groups is 2. The number of hydrogen-bond donors (Lipinski definition) is 0. The van der Waals surface area contributed by atoms with Crippen molar-refractivity contribution in [2.75, 3.05) is 44.8 Å².